The van der Waals surface area contributed by atoms with Gasteiger partial charge in [-0.05, 0) is 47.0 Å². The van der Waals surface area contributed by atoms with Crippen LogP contribution in [0.15, 0.2) is 64.5 Å². The fourth-order valence-corrected chi connectivity index (χ4v) is 3.40. The minimum absolute atomic E-state index is 0.0485. The van der Waals surface area contributed by atoms with Gasteiger partial charge in [0.2, 0.25) is 5.91 Å². The van der Waals surface area contributed by atoms with Crippen molar-refractivity contribution in [3.05, 3.63) is 87.6 Å². The number of nitrogens with zero attached hydrogens (tertiary/aromatic N) is 2. The second kappa shape index (κ2) is 7.35. The molecule has 2 heterocycles. The van der Waals surface area contributed by atoms with E-state index in [1.807, 2.05) is 18.2 Å². The Bertz CT molecular complexity index is 1210. The van der Waals surface area contributed by atoms with Gasteiger partial charge in [0.05, 0.1) is 13.1 Å². The average Bonchev–Trinajstić information content (AvgIpc) is 3.06. The maximum absolute atomic E-state index is 14.3. The van der Waals surface area contributed by atoms with Crippen LogP contribution in [0.5, 0.6) is 0 Å². The highest BCUT2D eigenvalue weighted by molar-refractivity contribution is 6.01. The van der Waals surface area contributed by atoms with E-state index < -0.39 is 5.82 Å². The number of aromatic nitrogens is 1. The van der Waals surface area contributed by atoms with Crippen LogP contribution in [0.4, 0.5) is 10.1 Å². The Morgan fingerprint density at radius 2 is 1.97 bits per heavy atom. The first kappa shape index (κ1) is 18.6. The quantitative estimate of drug-likeness (QED) is 0.718. The van der Waals surface area contributed by atoms with E-state index in [0.29, 0.717) is 23.6 Å². The van der Waals surface area contributed by atoms with Crippen LogP contribution in [0.2, 0.25) is 0 Å². The van der Waals surface area contributed by atoms with Gasteiger partial charge < -0.3 is 15.6 Å². The van der Waals surface area contributed by atoms with Gasteiger partial charge in [-0.2, -0.15) is 0 Å². The third-order valence-electron chi connectivity index (χ3n) is 4.82. The van der Waals surface area contributed by atoms with E-state index in [4.69, 9.17) is 5.73 Å². The Morgan fingerprint density at radius 1 is 1.17 bits per heavy atom. The zero-order valence-electron chi connectivity index (χ0n) is 15.8. The molecule has 0 saturated heterocycles. The lowest BCUT2D eigenvalue weighted by atomic mass is 10.0. The van der Waals surface area contributed by atoms with E-state index >= 15 is 0 Å². The fraction of sp³-hybridized carbons (Fsp3) is 0.136. The van der Waals surface area contributed by atoms with Crippen LogP contribution < -0.4 is 16.6 Å². The number of amides is 1. The SMILES string of the molecule is CC(=O)Nc1ccc(F)c(Cn2cc(-c3ccc4c(c3)CN=C4N)ccc2=O)c1. The molecule has 0 bridgehead atoms. The summed E-state index contributed by atoms with van der Waals surface area (Å²) in [6.45, 7) is 1.97. The van der Waals surface area contributed by atoms with Gasteiger partial charge in [-0.25, -0.2) is 4.39 Å². The third kappa shape index (κ3) is 3.80. The molecule has 0 spiro atoms. The van der Waals surface area contributed by atoms with Gasteiger partial charge in [-0.15, -0.1) is 0 Å². The predicted molar refractivity (Wildman–Crippen MR) is 110 cm³/mol. The molecule has 146 valence electrons. The van der Waals surface area contributed by atoms with Gasteiger partial charge >= 0.3 is 0 Å². The molecule has 1 aromatic heterocycles. The van der Waals surface area contributed by atoms with Crippen LogP contribution in [-0.2, 0) is 17.9 Å². The highest BCUT2D eigenvalue weighted by Gasteiger charge is 2.14. The lowest BCUT2D eigenvalue weighted by Gasteiger charge is -2.12. The molecule has 6 nitrogen and oxygen atoms in total. The van der Waals surface area contributed by atoms with Crippen LogP contribution in [0.1, 0.15) is 23.6 Å². The zero-order valence-corrected chi connectivity index (χ0v) is 15.8. The Balaban J connectivity index is 1.67. The summed E-state index contributed by atoms with van der Waals surface area (Å²) < 4.78 is 15.7. The summed E-state index contributed by atoms with van der Waals surface area (Å²) >= 11 is 0. The topological polar surface area (TPSA) is 89.5 Å². The number of carbonyl (C=O) groups excluding carboxylic acids is 1. The lowest BCUT2D eigenvalue weighted by Crippen LogP contribution is -2.20. The normalized spacial score (nSPS) is 12.4. The molecule has 0 unspecified atom stereocenters. The number of benzene rings is 2. The van der Waals surface area contributed by atoms with Crippen molar-refractivity contribution < 1.29 is 9.18 Å². The molecule has 0 atom stereocenters. The Hall–Kier alpha value is -3.74. The van der Waals surface area contributed by atoms with E-state index in [1.165, 1.54) is 35.8 Å². The Kier molecular flexibility index (Phi) is 4.72. The number of halogens is 1. The number of hydrogen-bond acceptors (Lipinski definition) is 4. The van der Waals surface area contributed by atoms with Crippen molar-refractivity contribution in [3.63, 3.8) is 0 Å². The van der Waals surface area contributed by atoms with Crippen molar-refractivity contribution in [2.75, 3.05) is 5.32 Å². The van der Waals surface area contributed by atoms with Gasteiger partial charge in [0, 0.05) is 36.0 Å². The molecule has 29 heavy (non-hydrogen) atoms. The van der Waals surface area contributed by atoms with Crippen LogP contribution in [0.25, 0.3) is 11.1 Å². The van der Waals surface area contributed by atoms with Crippen LogP contribution in [-0.4, -0.2) is 16.3 Å². The number of rotatable bonds is 4. The summed E-state index contributed by atoms with van der Waals surface area (Å²) in [5.41, 5.74) is 10.1. The summed E-state index contributed by atoms with van der Waals surface area (Å²) in [5, 5.41) is 2.62. The number of nitrogens with two attached hydrogens (primary N) is 1. The second-order valence-corrected chi connectivity index (χ2v) is 6.94. The van der Waals surface area contributed by atoms with E-state index in [0.717, 1.165) is 22.3 Å². The second-order valence-electron chi connectivity index (χ2n) is 6.94. The van der Waals surface area contributed by atoms with Crippen LogP contribution in [0, 0.1) is 5.82 Å². The van der Waals surface area contributed by atoms with Gasteiger partial charge in [-0.1, -0.05) is 12.1 Å². The maximum atomic E-state index is 14.3. The maximum Gasteiger partial charge on any atom is 0.250 e. The van der Waals surface area contributed by atoms with Gasteiger partial charge in [0.25, 0.3) is 5.56 Å². The minimum Gasteiger partial charge on any atom is -0.383 e. The van der Waals surface area contributed by atoms with E-state index in [9.17, 15) is 14.0 Å². The molecule has 3 N–H and O–H groups in total. The molecule has 0 radical (unpaired) electrons. The van der Waals surface area contributed by atoms with E-state index in [2.05, 4.69) is 10.3 Å². The van der Waals surface area contributed by atoms with Crippen LogP contribution in [0.3, 0.4) is 0 Å². The number of hydrogen-bond donors (Lipinski definition) is 2. The molecule has 2 aromatic carbocycles. The largest absolute Gasteiger partial charge is 0.383 e. The molecule has 3 aromatic rings. The number of amidine groups is 1. The van der Waals surface area contributed by atoms with Crippen molar-refractivity contribution in [2.45, 2.75) is 20.0 Å². The summed E-state index contributed by atoms with van der Waals surface area (Å²) in [6.07, 6.45) is 1.70. The molecule has 0 aliphatic carbocycles. The standard InChI is InChI=1S/C22H19FN4O2/c1-13(28)26-18-4-6-20(23)17(9-18)12-27-11-15(3-7-21(27)29)14-2-5-19-16(8-14)10-25-22(19)24/h2-9,11H,10,12H2,1H3,(H2,24,25)(H,26,28). The summed E-state index contributed by atoms with van der Waals surface area (Å²) in [5.74, 6) is -0.157. The summed E-state index contributed by atoms with van der Waals surface area (Å²) in [4.78, 5) is 27.8. The molecule has 1 amide bonds. The zero-order chi connectivity index (χ0) is 20.5. The monoisotopic (exact) mass is 390 g/mol. The van der Waals surface area contributed by atoms with Gasteiger partial charge in [-0.3, -0.25) is 14.6 Å². The molecule has 0 saturated carbocycles. The average molecular weight is 390 g/mol. The lowest BCUT2D eigenvalue weighted by molar-refractivity contribution is -0.114. The number of fused-ring (bicyclic) bond motifs is 1. The minimum atomic E-state index is -0.443. The van der Waals surface area contributed by atoms with Crippen molar-refractivity contribution in [2.24, 2.45) is 10.7 Å². The summed E-state index contributed by atoms with van der Waals surface area (Å²) in [6, 6.07) is 13.3. The molecule has 1 aliphatic rings. The molecular formula is C22H19FN4O2. The smallest absolute Gasteiger partial charge is 0.250 e. The van der Waals surface area contributed by atoms with Crippen molar-refractivity contribution in [3.8, 4) is 11.1 Å². The molecule has 1 aliphatic heterocycles. The van der Waals surface area contributed by atoms with E-state index in [1.54, 1.807) is 12.3 Å². The first-order valence-corrected chi connectivity index (χ1v) is 9.11. The highest BCUT2D eigenvalue weighted by atomic mass is 19.1. The van der Waals surface area contributed by atoms with E-state index in [-0.39, 0.29) is 18.0 Å². The number of nitrogens with one attached hydrogen (secondary N) is 1. The van der Waals surface area contributed by atoms with Gasteiger partial charge in [0.1, 0.15) is 11.7 Å². The number of anilines is 1. The Labute approximate surface area is 166 Å². The van der Waals surface area contributed by atoms with Crippen molar-refractivity contribution >= 4 is 17.4 Å². The number of aliphatic imine (C=N–C) groups is 1. The molecule has 0 fully saturated rings. The van der Waals surface area contributed by atoms with Crippen molar-refractivity contribution in [1.29, 1.82) is 0 Å². The summed E-state index contributed by atoms with van der Waals surface area (Å²) in [7, 11) is 0. The molecule has 7 heteroatoms. The Morgan fingerprint density at radius 3 is 2.76 bits per heavy atom. The first-order valence-electron chi connectivity index (χ1n) is 9.11. The van der Waals surface area contributed by atoms with Gasteiger partial charge in [0.15, 0.2) is 0 Å². The third-order valence-corrected chi connectivity index (χ3v) is 4.82. The van der Waals surface area contributed by atoms with Crippen molar-refractivity contribution in [1.82, 2.24) is 4.57 Å². The molecule has 4 rings (SSSR count). The number of carbonyl (C=O) groups is 1. The highest BCUT2D eigenvalue weighted by Crippen LogP contribution is 2.25. The number of pyridine rings is 1. The fourth-order valence-electron chi connectivity index (χ4n) is 3.40. The first-order chi connectivity index (χ1) is 13.9. The predicted octanol–water partition coefficient (Wildman–Crippen LogP) is 2.88. The van der Waals surface area contributed by atoms with Crippen LogP contribution >= 0.6 is 0 Å². The molecular weight excluding hydrogens is 371 g/mol.